The van der Waals surface area contributed by atoms with Crippen molar-refractivity contribution in [3.63, 3.8) is 0 Å². The molecule has 0 spiro atoms. The SMILES string of the molecule is CCOCCN(C)c1ccc(CN)nc1. The van der Waals surface area contributed by atoms with Gasteiger partial charge in [0.15, 0.2) is 0 Å². The van der Waals surface area contributed by atoms with Crippen molar-refractivity contribution in [2.45, 2.75) is 13.5 Å². The summed E-state index contributed by atoms with van der Waals surface area (Å²) >= 11 is 0. The first kappa shape index (κ1) is 11.9. The number of pyridine rings is 1. The topological polar surface area (TPSA) is 51.4 Å². The highest BCUT2D eigenvalue weighted by Gasteiger charge is 2.00. The zero-order chi connectivity index (χ0) is 11.1. The molecule has 1 aromatic heterocycles. The second kappa shape index (κ2) is 6.37. The van der Waals surface area contributed by atoms with Crippen LogP contribution in [0.5, 0.6) is 0 Å². The molecule has 4 heteroatoms. The van der Waals surface area contributed by atoms with Gasteiger partial charge >= 0.3 is 0 Å². The molecule has 1 aromatic rings. The molecule has 0 saturated heterocycles. The fraction of sp³-hybridized carbons (Fsp3) is 0.545. The molecule has 1 heterocycles. The summed E-state index contributed by atoms with van der Waals surface area (Å²) < 4.78 is 5.29. The average Bonchev–Trinajstić information content (AvgIpc) is 2.29. The van der Waals surface area contributed by atoms with Crippen LogP contribution in [0.1, 0.15) is 12.6 Å². The average molecular weight is 209 g/mol. The van der Waals surface area contributed by atoms with Gasteiger partial charge < -0.3 is 15.4 Å². The number of nitrogens with two attached hydrogens (primary N) is 1. The summed E-state index contributed by atoms with van der Waals surface area (Å²) in [5.41, 5.74) is 7.48. The van der Waals surface area contributed by atoms with E-state index >= 15 is 0 Å². The van der Waals surface area contributed by atoms with Gasteiger partial charge in [-0.1, -0.05) is 0 Å². The van der Waals surface area contributed by atoms with Crippen molar-refractivity contribution in [2.24, 2.45) is 5.73 Å². The molecular weight excluding hydrogens is 190 g/mol. The molecule has 0 fully saturated rings. The minimum atomic E-state index is 0.489. The van der Waals surface area contributed by atoms with Crippen LogP contribution in [-0.2, 0) is 11.3 Å². The first-order chi connectivity index (χ1) is 7.27. The highest BCUT2D eigenvalue weighted by atomic mass is 16.5. The fourth-order valence-electron chi connectivity index (χ4n) is 1.24. The highest BCUT2D eigenvalue weighted by molar-refractivity contribution is 5.43. The van der Waals surface area contributed by atoms with Crippen molar-refractivity contribution in [1.82, 2.24) is 4.98 Å². The number of ether oxygens (including phenoxy) is 1. The maximum atomic E-state index is 5.48. The molecule has 1 rings (SSSR count). The molecule has 0 atom stereocenters. The van der Waals surface area contributed by atoms with Crippen molar-refractivity contribution < 1.29 is 4.74 Å². The number of hydrogen-bond acceptors (Lipinski definition) is 4. The van der Waals surface area contributed by atoms with Crippen LogP contribution >= 0.6 is 0 Å². The van der Waals surface area contributed by atoms with Gasteiger partial charge in [-0.15, -0.1) is 0 Å². The molecular formula is C11H19N3O. The van der Waals surface area contributed by atoms with E-state index in [1.165, 1.54) is 0 Å². The minimum absolute atomic E-state index is 0.489. The molecule has 0 aliphatic rings. The Morgan fingerprint density at radius 2 is 2.27 bits per heavy atom. The van der Waals surface area contributed by atoms with E-state index in [-0.39, 0.29) is 0 Å². The third-order valence-corrected chi connectivity index (χ3v) is 2.23. The zero-order valence-corrected chi connectivity index (χ0v) is 9.44. The maximum absolute atomic E-state index is 5.48. The van der Waals surface area contributed by atoms with E-state index in [4.69, 9.17) is 10.5 Å². The largest absolute Gasteiger partial charge is 0.380 e. The van der Waals surface area contributed by atoms with Gasteiger partial charge in [0.25, 0.3) is 0 Å². The smallest absolute Gasteiger partial charge is 0.0641 e. The number of likely N-dealkylation sites (N-methyl/N-ethyl adjacent to an activating group) is 1. The maximum Gasteiger partial charge on any atom is 0.0641 e. The Morgan fingerprint density at radius 1 is 1.47 bits per heavy atom. The summed E-state index contributed by atoms with van der Waals surface area (Å²) in [6.07, 6.45) is 1.84. The Hall–Kier alpha value is -1.13. The molecule has 0 radical (unpaired) electrons. The lowest BCUT2D eigenvalue weighted by molar-refractivity contribution is 0.154. The number of rotatable bonds is 6. The Balaban J connectivity index is 2.46. The van der Waals surface area contributed by atoms with E-state index < -0.39 is 0 Å². The van der Waals surface area contributed by atoms with E-state index in [9.17, 15) is 0 Å². The van der Waals surface area contributed by atoms with Gasteiger partial charge in [-0.25, -0.2) is 0 Å². The normalized spacial score (nSPS) is 10.3. The summed E-state index contributed by atoms with van der Waals surface area (Å²) in [6.45, 7) is 4.86. The van der Waals surface area contributed by atoms with E-state index in [0.29, 0.717) is 6.54 Å². The van der Waals surface area contributed by atoms with Gasteiger partial charge in [0.2, 0.25) is 0 Å². The summed E-state index contributed by atoms with van der Waals surface area (Å²) in [7, 11) is 2.03. The van der Waals surface area contributed by atoms with Gasteiger partial charge in [-0.3, -0.25) is 4.98 Å². The predicted octanol–water partition coefficient (Wildman–Crippen LogP) is 1.01. The monoisotopic (exact) mass is 209 g/mol. The summed E-state index contributed by atoms with van der Waals surface area (Å²) in [4.78, 5) is 6.35. The predicted molar refractivity (Wildman–Crippen MR) is 61.9 cm³/mol. The molecule has 0 amide bonds. The van der Waals surface area contributed by atoms with Crippen LogP contribution in [-0.4, -0.2) is 31.8 Å². The van der Waals surface area contributed by atoms with Crippen LogP contribution < -0.4 is 10.6 Å². The molecule has 4 nitrogen and oxygen atoms in total. The zero-order valence-electron chi connectivity index (χ0n) is 9.44. The summed E-state index contributed by atoms with van der Waals surface area (Å²) in [6, 6.07) is 3.98. The second-order valence-corrected chi connectivity index (χ2v) is 3.33. The summed E-state index contributed by atoms with van der Waals surface area (Å²) in [5.74, 6) is 0. The third kappa shape index (κ3) is 3.85. The first-order valence-corrected chi connectivity index (χ1v) is 5.21. The Bertz CT molecular complexity index is 274. The van der Waals surface area contributed by atoms with Crippen LogP contribution in [0.15, 0.2) is 18.3 Å². The van der Waals surface area contributed by atoms with Crippen molar-refractivity contribution in [1.29, 1.82) is 0 Å². The van der Waals surface area contributed by atoms with Gasteiger partial charge in [-0.05, 0) is 19.1 Å². The van der Waals surface area contributed by atoms with Gasteiger partial charge in [0.05, 0.1) is 24.2 Å². The van der Waals surface area contributed by atoms with Crippen LogP contribution in [0.2, 0.25) is 0 Å². The standard InChI is InChI=1S/C11H19N3O/c1-3-15-7-6-14(2)11-5-4-10(8-12)13-9-11/h4-5,9H,3,6-8,12H2,1-2H3. The molecule has 2 N–H and O–H groups in total. The van der Waals surface area contributed by atoms with E-state index in [2.05, 4.69) is 9.88 Å². The van der Waals surface area contributed by atoms with Crippen molar-refractivity contribution in [2.75, 3.05) is 31.7 Å². The molecule has 0 bridgehead atoms. The summed E-state index contributed by atoms with van der Waals surface area (Å²) in [5, 5.41) is 0. The van der Waals surface area contributed by atoms with Gasteiger partial charge in [-0.2, -0.15) is 0 Å². The Labute approximate surface area is 91.1 Å². The molecule has 0 unspecified atom stereocenters. The quantitative estimate of drug-likeness (QED) is 0.710. The van der Waals surface area contributed by atoms with Gasteiger partial charge in [0.1, 0.15) is 0 Å². The lowest BCUT2D eigenvalue weighted by Crippen LogP contribution is -2.22. The number of aromatic nitrogens is 1. The number of nitrogens with zero attached hydrogens (tertiary/aromatic N) is 2. The minimum Gasteiger partial charge on any atom is -0.380 e. The Kier molecular flexibility index (Phi) is 5.07. The molecule has 0 aliphatic carbocycles. The molecule has 84 valence electrons. The first-order valence-electron chi connectivity index (χ1n) is 5.21. The molecule has 0 aromatic carbocycles. The number of hydrogen-bond donors (Lipinski definition) is 1. The fourth-order valence-corrected chi connectivity index (χ4v) is 1.24. The number of anilines is 1. The molecule has 15 heavy (non-hydrogen) atoms. The van der Waals surface area contributed by atoms with Crippen molar-refractivity contribution in [3.05, 3.63) is 24.0 Å². The second-order valence-electron chi connectivity index (χ2n) is 3.33. The van der Waals surface area contributed by atoms with E-state index in [1.807, 2.05) is 32.3 Å². The van der Waals surface area contributed by atoms with Gasteiger partial charge in [0, 0.05) is 26.7 Å². The third-order valence-electron chi connectivity index (χ3n) is 2.23. The Morgan fingerprint density at radius 3 is 2.80 bits per heavy atom. The highest BCUT2D eigenvalue weighted by Crippen LogP contribution is 2.10. The van der Waals surface area contributed by atoms with Crippen LogP contribution in [0.4, 0.5) is 5.69 Å². The molecule has 0 saturated carbocycles. The van der Waals surface area contributed by atoms with E-state index in [0.717, 1.165) is 31.1 Å². The molecule has 0 aliphatic heterocycles. The van der Waals surface area contributed by atoms with Crippen molar-refractivity contribution in [3.8, 4) is 0 Å². The van der Waals surface area contributed by atoms with Crippen LogP contribution in [0.3, 0.4) is 0 Å². The lowest BCUT2D eigenvalue weighted by Gasteiger charge is -2.18. The van der Waals surface area contributed by atoms with Crippen LogP contribution in [0.25, 0.3) is 0 Å². The van der Waals surface area contributed by atoms with Crippen LogP contribution in [0, 0.1) is 0 Å². The van der Waals surface area contributed by atoms with Crippen molar-refractivity contribution >= 4 is 5.69 Å². The van der Waals surface area contributed by atoms with E-state index in [1.54, 1.807) is 0 Å². The lowest BCUT2D eigenvalue weighted by atomic mass is 10.3.